The molecule has 1 aromatic carbocycles. The van der Waals surface area contributed by atoms with Gasteiger partial charge in [0.1, 0.15) is 0 Å². The zero-order valence-electron chi connectivity index (χ0n) is 11.3. The number of nitrogen functional groups attached to an aromatic ring is 1. The lowest BCUT2D eigenvalue weighted by atomic mass is 10.2. The van der Waals surface area contributed by atoms with Crippen molar-refractivity contribution in [3.05, 3.63) is 23.8 Å². The maximum atomic E-state index is 10.7. The highest BCUT2D eigenvalue weighted by Gasteiger charge is 2.08. The average molecular weight is 293 g/mol. The van der Waals surface area contributed by atoms with Gasteiger partial charge < -0.3 is 26.4 Å². The Hall–Kier alpha value is -3.04. The molecule has 112 valence electrons. The summed E-state index contributed by atoms with van der Waals surface area (Å²) in [4.78, 5) is 12.0. The summed E-state index contributed by atoms with van der Waals surface area (Å²) in [7, 11) is 1.50. The van der Waals surface area contributed by atoms with E-state index in [1.165, 1.54) is 11.9 Å². The zero-order valence-corrected chi connectivity index (χ0v) is 11.3. The van der Waals surface area contributed by atoms with Gasteiger partial charge >= 0.3 is 0 Å². The summed E-state index contributed by atoms with van der Waals surface area (Å²) in [5.74, 6) is 0.516. The van der Waals surface area contributed by atoms with Crippen LogP contribution in [0.5, 0.6) is 11.5 Å². The van der Waals surface area contributed by atoms with Crippen molar-refractivity contribution in [2.24, 2.45) is 5.73 Å². The fourth-order valence-corrected chi connectivity index (χ4v) is 1.56. The second kappa shape index (κ2) is 6.41. The van der Waals surface area contributed by atoms with Crippen LogP contribution in [0.1, 0.15) is 5.56 Å². The van der Waals surface area contributed by atoms with Crippen LogP contribution in [0.15, 0.2) is 18.2 Å². The summed E-state index contributed by atoms with van der Waals surface area (Å²) in [6.07, 6.45) is 0. The van der Waals surface area contributed by atoms with Crippen molar-refractivity contribution >= 4 is 11.9 Å². The van der Waals surface area contributed by atoms with Gasteiger partial charge in [-0.25, -0.2) is 0 Å². The van der Waals surface area contributed by atoms with E-state index in [9.17, 15) is 4.79 Å². The highest BCUT2D eigenvalue weighted by molar-refractivity contribution is 5.75. The van der Waals surface area contributed by atoms with E-state index < -0.39 is 5.91 Å². The van der Waals surface area contributed by atoms with E-state index in [1.807, 2.05) is 0 Å². The summed E-state index contributed by atoms with van der Waals surface area (Å²) >= 11 is 0. The Labute approximate surface area is 120 Å². The molecule has 1 aromatic heterocycles. The minimum Gasteiger partial charge on any atom is -0.493 e. The third kappa shape index (κ3) is 3.72. The zero-order chi connectivity index (χ0) is 15.2. The van der Waals surface area contributed by atoms with E-state index >= 15 is 0 Å². The fourth-order valence-electron chi connectivity index (χ4n) is 1.56. The first-order chi connectivity index (χ1) is 10.1. The molecule has 0 atom stereocenters. The van der Waals surface area contributed by atoms with Gasteiger partial charge in [0, 0.05) is 0 Å². The van der Waals surface area contributed by atoms with Crippen LogP contribution in [0.3, 0.4) is 0 Å². The maximum absolute atomic E-state index is 10.7. The monoisotopic (exact) mass is 293 g/mol. The van der Waals surface area contributed by atoms with Crippen LogP contribution in [0.4, 0.5) is 5.95 Å². The Bertz CT molecular complexity index is 628. The number of primary amides is 1. The first-order valence-electron chi connectivity index (χ1n) is 5.96. The predicted octanol–water partition coefficient (Wildman–Crippen LogP) is -1.13. The number of ether oxygens (including phenoxy) is 2. The Morgan fingerprint density at radius 3 is 2.86 bits per heavy atom. The van der Waals surface area contributed by atoms with E-state index in [4.69, 9.17) is 20.9 Å². The first-order valence-corrected chi connectivity index (χ1v) is 5.96. The molecule has 0 radical (unpaired) electrons. The molecule has 10 nitrogen and oxygen atoms in total. The molecule has 21 heavy (non-hydrogen) atoms. The molecule has 1 heterocycles. The number of hydrogen-bond donors (Lipinski definition) is 3. The number of carbonyl (C=O) groups excluding carboxylic acids is 1. The highest BCUT2D eigenvalue weighted by Crippen LogP contribution is 2.28. The van der Waals surface area contributed by atoms with Gasteiger partial charge in [-0.1, -0.05) is 11.2 Å². The number of hydrogen-bond acceptors (Lipinski definition) is 8. The van der Waals surface area contributed by atoms with Crippen molar-refractivity contribution in [3.8, 4) is 11.5 Å². The lowest BCUT2D eigenvalue weighted by molar-refractivity contribution is -0.119. The van der Waals surface area contributed by atoms with Crippen molar-refractivity contribution in [1.82, 2.24) is 20.3 Å². The molecule has 2 rings (SSSR count). The van der Waals surface area contributed by atoms with Crippen LogP contribution >= 0.6 is 0 Å². The predicted molar refractivity (Wildman–Crippen MR) is 73.0 cm³/mol. The van der Waals surface area contributed by atoms with Crippen molar-refractivity contribution in [1.29, 1.82) is 0 Å². The van der Waals surface area contributed by atoms with Gasteiger partial charge in [0.15, 0.2) is 18.1 Å². The van der Waals surface area contributed by atoms with E-state index in [0.717, 1.165) is 5.56 Å². The van der Waals surface area contributed by atoms with Crippen LogP contribution < -0.4 is 26.4 Å². The summed E-state index contributed by atoms with van der Waals surface area (Å²) < 4.78 is 10.4. The second-order valence-electron chi connectivity index (χ2n) is 4.02. The molecule has 0 aliphatic heterocycles. The highest BCUT2D eigenvalue weighted by atomic mass is 16.5. The molecule has 2 aromatic rings. The number of aromatic nitrogens is 4. The molecule has 10 heteroatoms. The van der Waals surface area contributed by atoms with Crippen molar-refractivity contribution in [2.45, 2.75) is 6.54 Å². The van der Waals surface area contributed by atoms with Crippen molar-refractivity contribution in [2.75, 3.05) is 24.9 Å². The van der Waals surface area contributed by atoms with Crippen LogP contribution in [0.25, 0.3) is 0 Å². The van der Waals surface area contributed by atoms with Crippen molar-refractivity contribution in [3.63, 3.8) is 0 Å². The van der Waals surface area contributed by atoms with Crippen molar-refractivity contribution < 1.29 is 14.3 Å². The summed E-state index contributed by atoms with van der Waals surface area (Å²) in [6.45, 7) is 0.205. The van der Waals surface area contributed by atoms with Gasteiger partial charge in [-0.05, 0) is 28.1 Å². The lowest BCUT2D eigenvalue weighted by Gasteiger charge is -2.12. The van der Waals surface area contributed by atoms with Crippen LogP contribution in [0, 0.1) is 0 Å². The molecular formula is C11H15N7O3. The van der Waals surface area contributed by atoms with E-state index in [0.29, 0.717) is 18.0 Å². The molecule has 0 unspecified atom stereocenters. The summed E-state index contributed by atoms with van der Waals surface area (Å²) in [5.41, 5.74) is 14.4. The first kappa shape index (κ1) is 14.4. The summed E-state index contributed by atoms with van der Waals surface area (Å²) in [6, 6.07) is 5.23. The number of nitrogens with two attached hydrogens (primary N) is 2. The largest absolute Gasteiger partial charge is 0.493 e. The molecule has 0 fully saturated rings. The number of benzene rings is 1. The maximum Gasteiger partial charge on any atom is 0.260 e. The Morgan fingerprint density at radius 1 is 1.43 bits per heavy atom. The molecular weight excluding hydrogens is 278 g/mol. The molecule has 0 spiro atoms. The SMILES string of the molecule is COc1cc(CNn2nnnc2N)ccc1OCC(N)=O. The summed E-state index contributed by atoms with van der Waals surface area (Å²) in [5, 5.41) is 10.6. The number of methoxy groups -OCH3 is 1. The molecule has 5 N–H and O–H groups in total. The number of tetrazole rings is 1. The third-order valence-electron chi connectivity index (χ3n) is 2.52. The lowest BCUT2D eigenvalue weighted by Crippen LogP contribution is -2.20. The quantitative estimate of drug-likeness (QED) is 0.582. The molecule has 0 saturated carbocycles. The van der Waals surface area contributed by atoms with Gasteiger partial charge in [-0.3, -0.25) is 4.79 Å². The van der Waals surface area contributed by atoms with E-state index in [1.54, 1.807) is 18.2 Å². The Morgan fingerprint density at radius 2 is 2.24 bits per heavy atom. The molecule has 0 saturated heterocycles. The Kier molecular flexibility index (Phi) is 4.39. The minimum atomic E-state index is -0.558. The van der Waals surface area contributed by atoms with Crippen LogP contribution in [-0.4, -0.2) is 39.9 Å². The van der Waals surface area contributed by atoms with Crippen LogP contribution in [-0.2, 0) is 11.3 Å². The third-order valence-corrected chi connectivity index (χ3v) is 2.52. The van der Waals surface area contributed by atoms with E-state index in [2.05, 4.69) is 21.0 Å². The smallest absolute Gasteiger partial charge is 0.260 e. The van der Waals surface area contributed by atoms with Crippen LogP contribution in [0.2, 0.25) is 0 Å². The second-order valence-corrected chi connectivity index (χ2v) is 4.02. The minimum absolute atomic E-state index is 0.156. The van der Waals surface area contributed by atoms with E-state index in [-0.39, 0.29) is 12.6 Å². The van der Waals surface area contributed by atoms with Gasteiger partial charge in [0.2, 0.25) is 0 Å². The molecule has 0 aliphatic carbocycles. The Balaban J connectivity index is 2.04. The molecule has 0 bridgehead atoms. The fraction of sp³-hybridized carbons (Fsp3) is 0.273. The molecule has 1 amide bonds. The number of anilines is 1. The van der Waals surface area contributed by atoms with Gasteiger partial charge in [0.05, 0.1) is 13.7 Å². The van der Waals surface area contributed by atoms with Gasteiger partial charge in [0.25, 0.3) is 11.9 Å². The number of nitrogens with zero attached hydrogens (tertiary/aromatic N) is 4. The standard InChI is InChI=1S/C11H15N7O3/c1-20-9-4-7(2-3-8(9)21-6-10(12)19)5-14-18-11(13)15-16-17-18/h2-4,14H,5-6H2,1H3,(H2,12,19)(H2,13,15,17). The number of amides is 1. The normalized spacial score (nSPS) is 10.1. The van der Waals surface area contributed by atoms with Gasteiger partial charge in [-0.2, -0.15) is 0 Å². The average Bonchev–Trinajstić information content (AvgIpc) is 2.88. The van der Waals surface area contributed by atoms with Gasteiger partial charge in [-0.15, -0.1) is 4.79 Å². The number of carbonyl (C=O) groups is 1. The topological polar surface area (TPSA) is 143 Å². The molecule has 0 aliphatic rings. The number of rotatable bonds is 7. The number of nitrogens with one attached hydrogen (secondary N) is 1.